The Bertz CT molecular complexity index is 3170. The van der Waals surface area contributed by atoms with E-state index in [-0.39, 0.29) is 5.41 Å². The molecular formula is C60H43N. The van der Waals surface area contributed by atoms with Gasteiger partial charge in [-0.3, -0.25) is 0 Å². The fraction of sp³-hybridized carbons (Fsp3) is 0.0833. The maximum absolute atomic E-state index is 3.38. The van der Waals surface area contributed by atoms with Crippen molar-refractivity contribution in [2.24, 2.45) is 0 Å². The van der Waals surface area contributed by atoms with Crippen molar-refractivity contribution in [3.63, 3.8) is 0 Å². The molecule has 0 saturated carbocycles. The molecule has 0 spiro atoms. The lowest BCUT2D eigenvalue weighted by atomic mass is 9.67. The Hall–Kier alpha value is -7.44. The Balaban J connectivity index is 1.05. The molecule has 0 fully saturated rings. The monoisotopic (exact) mass is 777 g/mol. The first-order chi connectivity index (χ1) is 30.0. The molecule has 0 heterocycles. The van der Waals surface area contributed by atoms with E-state index in [0.29, 0.717) is 0 Å². The molecule has 8 aromatic rings. The Morgan fingerprint density at radius 2 is 1.05 bits per heavy atom. The number of allylic oxidation sites excluding steroid dienone is 5. The second-order valence-corrected chi connectivity index (χ2v) is 17.4. The van der Waals surface area contributed by atoms with Crippen molar-refractivity contribution in [1.29, 1.82) is 0 Å². The van der Waals surface area contributed by atoms with Crippen LogP contribution in [0.4, 0.5) is 17.1 Å². The highest BCUT2D eigenvalue weighted by Gasteiger charge is 2.46. The van der Waals surface area contributed by atoms with Crippen LogP contribution < -0.4 is 4.90 Å². The highest BCUT2D eigenvalue weighted by atomic mass is 15.1. The van der Waals surface area contributed by atoms with E-state index in [4.69, 9.17) is 0 Å². The van der Waals surface area contributed by atoms with Crippen LogP contribution in [0, 0.1) is 0 Å². The molecule has 4 aliphatic carbocycles. The molecule has 1 heteroatoms. The van der Waals surface area contributed by atoms with Crippen LogP contribution in [0.2, 0.25) is 0 Å². The van der Waals surface area contributed by atoms with Gasteiger partial charge in [0.05, 0.1) is 5.41 Å². The van der Waals surface area contributed by atoms with Gasteiger partial charge in [0.1, 0.15) is 0 Å². The first kappa shape index (κ1) is 35.5. The highest BCUT2D eigenvalue weighted by Crippen LogP contribution is 2.58. The number of hydrogen-bond donors (Lipinski definition) is 0. The van der Waals surface area contributed by atoms with E-state index in [1.807, 2.05) is 6.08 Å². The summed E-state index contributed by atoms with van der Waals surface area (Å²) in [7, 11) is 0. The average molecular weight is 778 g/mol. The summed E-state index contributed by atoms with van der Waals surface area (Å²) in [5, 5.41) is 0. The van der Waals surface area contributed by atoms with Crippen molar-refractivity contribution in [2.45, 2.75) is 31.1 Å². The van der Waals surface area contributed by atoms with Crippen molar-refractivity contribution in [3.05, 3.63) is 268 Å². The molecule has 0 saturated heterocycles. The van der Waals surface area contributed by atoms with E-state index in [0.717, 1.165) is 23.5 Å². The Morgan fingerprint density at radius 1 is 0.459 bits per heavy atom. The third-order valence-electron chi connectivity index (χ3n) is 13.8. The van der Waals surface area contributed by atoms with Gasteiger partial charge in [0.15, 0.2) is 0 Å². The quantitative estimate of drug-likeness (QED) is 0.152. The van der Waals surface area contributed by atoms with E-state index in [2.05, 4.69) is 231 Å². The molecule has 0 aliphatic heterocycles. The third kappa shape index (κ3) is 5.28. The molecule has 0 bridgehead atoms. The Kier molecular flexibility index (Phi) is 7.88. The summed E-state index contributed by atoms with van der Waals surface area (Å²) in [5.41, 5.74) is 26.9. The van der Waals surface area contributed by atoms with Gasteiger partial charge in [0.2, 0.25) is 0 Å². The SMILES string of the molecule is CC1(C)C2=C(C=C=CC=C2)c2ccc(N(c3ccc(-c4ccc5c(c4)-c4ccccc4C5)cc3)c3ccc4c(c3)C(c3ccccc3)(c3ccccc3)c3ccccc3-4)cc21. The van der Waals surface area contributed by atoms with Crippen LogP contribution in [0.15, 0.2) is 224 Å². The van der Waals surface area contributed by atoms with Gasteiger partial charge in [-0.05, 0) is 150 Å². The predicted molar refractivity (Wildman–Crippen MR) is 254 cm³/mol. The van der Waals surface area contributed by atoms with Crippen LogP contribution >= 0.6 is 0 Å². The summed E-state index contributed by atoms with van der Waals surface area (Å²) in [6.45, 7) is 4.71. The van der Waals surface area contributed by atoms with Crippen LogP contribution in [-0.4, -0.2) is 0 Å². The van der Waals surface area contributed by atoms with E-state index >= 15 is 0 Å². The number of hydrogen-bond acceptors (Lipinski definition) is 1. The van der Waals surface area contributed by atoms with Crippen LogP contribution in [0.5, 0.6) is 0 Å². The summed E-state index contributed by atoms with van der Waals surface area (Å²) >= 11 is 0. The zero-order valence-corrected chi connectivity index (χ0v) is 34.4. The summed E-state index contributed by atoms with van der Waals surface area (Å²) < 4.78 is 0. The number of fused-ring (bicyclic) bond motifs is 8. The second kappa shape index (κ2) is 13.5. The van der Waals surface area contributed by atoms with Crippen molar-refractivity contribution < 1.29 is 0 Å². The van der Waals surface area contributed by atoms with Gasteiger partial charge in [-0.2, -0.15) is 0 Å². The molecule has 12 rings (SSSR count). The lowest BCUT2D eigenvalue weighted by Crippen LogP contribution is -2.28. The van der Waals surface area contributed by atoms with Gasteiger partial charge < -0.3 is 4.90 Å². The van der Waals surface area contributed by atoms with Crippen molar-refractivity contribution in [2.75, 3.05) is 4.90 Å². The van der Waals surface area contributed by atoms with E-state index in [1.165, 1.54) is 89.0 Å². The topological polar surface area (TPSA) is 3.24 Å². The second-order valence-electron chi connectivity index (χ2n) is 17.4. The molecule has 0 aromatic heterocycles. The van der Waals surface area contributed by atoms with E-state index < -0.39 is 5.41 Å². The highest BCUT2D eigenvalue weighted by molar-refractivity contribution is 5.93. The Labute approximate surface area is 358 Å². The number of rotatable bonds is 6. The minimum absolute atomic E-state index is 0.176. The minimum atomic E-state index is -0.500. The molecule has 0 N–H and O–H groups in total. The number of anilines is 3. The van der Waals surface area contributed by atoms with Crippen LogP contribution in [0.3, 0.4) is 0 Å². The van der Waals surface area contributed by atoms with Crippen LogP contribution in [-0.2, 0) is 17.3 Å². The fourth-order valence-electron chi connectivity index (χ4n) is 11.0. The molecule has 1 nitrogen and oxygen atoms in total. The van der Waals surface area contributed by atoms with E-state index in [1.54, 1.807) is 0 Å². The first-order valence-corrected chi connectivity index (χ1v) is 21.5. The van der Waals surface area contributed by atoms with Crippen LogP contribution in [0.1, 0.15) is 58.4 Å². The molecule has 8 aromatic carbocycles. The molecule has 4 aliphatic rings. The van der Waals surface area contributed by atoms with Gasteiger partial charge in [0.25, 0.3) is 0 Å². The molecular weight excluding hydrogens is 735 g/mol. The zero-order valence-electron chi connectivity index (χ0n) is 34.4. The number of nitrogens with zero attached hydrogens (tertiary/aromatic N) is 1. The standard InChI is InChI=1S/C60H43N/c1-59(2)55-24-11-5-10-22-50(55)52-34-32-47(38-57(52)59)61(46-30-28-40(29-31-46)41-26-27-43-36-42-16-12-13-21-49(42)54(43)37-41)48-33-35-53-51-23-14-15-25-56(51)60(58(53)39-48,44-17-6-3-7-18-44)45-19-8-4-9-20-45/h3-9,11-35,37-39H,36H2,1-2H3. The van der Waals surface area contributed by atoms with Crippen molar-refractivity contribution in [3.8, 4) is 33.4 Å². The maximum Gasteiger partial charge on any atom is 0.0714 e. The molecule has 0 radical (unpaired) electrons. The predicted octanol–water partition coefficient (Wildman–Crippen LogP) is 15.1. The lowest BCUT2D eigenvalue weighted by molar-refractivity contribution is 0.654. The molecule has 288 valence electrons. The largest absolute Gasteiger partial charge is 0.310 e. The van der Waals surface area contributed by atoms with Gasteiger partial charge in [-0.25, -0.2) is 0 Å². The average Bonchev–Trinajstić information content (AvgIpc) is 3.79. The molecule has 61 heavy (non-hydrogen) atoms. The summed E-state index contributed by atoms with van der Waals surface area (Å²) in [5.74, 6) is 0. The van der Waals surface area contributed by atoms with Crippen molar-refractivity contribution in [1.82, 2.24) is 0 Å². The first-order valence-electron chi connectivity index (χ1n) is 21.5. The minimum Gasteiger partial charge on any atom is -0.310 e. The molecule has 0 amide bonds. The summed E-state index contributed by atoms with van der Waals surface area (Å²) in [6.07, 6.45) is 9.55. The smallest absolute Gasteiger partial charge is 0.0714 e. The van der Waals surface area contributed by atoms with Gasteiger partial charge in [0, 0.05) is 22.5 Å². The van der Waals surface area contributed by atoms with Crippen LogP contribution in [0.25, 0.3) is 39.0 Å². The van der Waals surface area contributed by atoms with Gasteiger partial charge >= 0.3 is 0 Å². The van der Waals surface area contributed by atoms with Gasteiger partial charge in [-0.15, -0.1) is 5.73 Å². The fourth-order valence-corrected chi connectivity index (χ4v) is 11.0. The summed E-state index contributed by atoms with van der Waals surface area (Å²) in [6, 6.07) is 70.5. The molecule has 0 unspecified atom stereocenters. The maximum atomic E-state index is 3.38. The normalized spacial score (nSPS) is 15.4. The number of benzene rings is 8. The van der Waals surface area contributed by atoms with Crippen molar-refractivity contribution >= 4 is 22.6 Å². The summed E-state index contributed by atoms with van der Waals surface area (Å²) in [4.78, 5) is 2.47. The van der Waals surface area contributed by atoms with Gasteiger partial charge in [-0.1, -0.05) is 172 Å². The molecule has 0 atom stereocenters. The zero-order chi connectivity index (χ0) is 40.7. The Morgan fingerprint density at radius 3 is 1.80 bits per heavy atom. The third-order valence-corrected chi connectivity index (χ3v) is 13.8. The van der Waals surface area contributed by atoms with E-state index in [9.17, 15) is 0 Å². The lowest BCUT2D eigenvalue weighted by Gasteiger charge is -2.35.